The van der Waals surface area contributed by atoms with Crippen LogP contribution in [0.5, 0.6) is 0 Å². The van der Waals surface area contributed by atoms with Gasteiger partial charge < -0.3 is 0 Å². The Balaban J connectivity index is 2.12. The molecule has 0 aliphatic carbocycles. The van der Waals surface area contributed by atoms with Gasteiger partial charge in [0.2, 0.25) is 0 Å². The summed E-state index contributed by atoms with van der Waals surface area (Å²) in [6, 6.07) is 23.3. The maximum atomic E-state index is 8.69. The molecule has 0 unspecified atom stereocenters. The molecule has 2 heteroatoms. The third-order valence-electron chi connectivity index (χ3n) is 2.83. The third kappa shape index (κ3) is 5.05. The van der Waals surface area contributed by atoms with Crippen LogP contribution in [0.2, 0.25) is 0 Å². The fourth-order valence-corrected chi connectivity index (χ4v) is 4.05. The van der Waals surface area contributed by atoms with Crippen LogP contribution in [-0.2, 0) is 0 Å². The predicted octanol–water partition coefficient (Wildman–Crippen LogP) is 3.75. The van der Waals surface area contributed by atoms with Gasteiger partial charge in [-0.25, -0.2) is 0 Å². The Morgan fingerprint density at radius 3 is 2.30 bits per heavy atom. The molecule has 20 heavy (non-hydrogen) atoms. The first-order valence-electron chi connectivity index (χ1n) is 6.74. The van der Waals surface area contributed by atoms with E-state index in [0.29, 0.717) is 21.4 Å². The summed E-state index contributed by atoms with van der Waals surface area (Å²) in [5, 5.41) is 8.69. The fourth-order valence-electron chi connectivity index (χ4n) is 1.87. The number of hydrogen-bond acceptors (Lipinski definition) is 1. The molecule has 0 saturated carbocycles. The van der Waals surface area contributed by atoms with Crippen LogP contribution in [0.4, 0.5) is 0 Å². The van der Waals surface area contributed by atoms with Crippen molar-refractivity contribution in [3.05, 3.63) is 70.7 Å². The zero-order chi connectivity index (χ0) is 14.0. The first kappa shape index (κ1) is 14.6. The van der Waals surface area contributed by atoms with Crippen molar-refractivity contribution in [2.45, 2.75) is 19.3 Å². The van der Waals surface area contributed by atoms with E-state index < -0.39 is 0 Å². The molecule has 0 N–H and O–H groups in total. The van der Waals surface area contributed by atoms with E-state index in [-0.39, 0.29) is 0 Å². The summed E-state index contributed by atoms with van der Waals surface area (Å²) in [4.78, 5) is 0. The molecule has 0 aliphatic rings. The van der Waals surface area contributed by atoms with Gasteiger partial charge in [-0.1, -0.05) is 0 Å². The van der Waals surface area contributed by atoms with Gasteiger partial charge in [0, 0.05) is 0 Å². The van der Waals surface area contributed by atoms with E-state index in [0.717, 1.165) is 12.8 Å². The molecule has 0 aromatic heterocycles. The third-order valence-corrected chi connectivity index (χ3v) is 5.12. The molecule has 0 amide bonds. The minimum atomic E-state index is 0.340. The van der Waals surface area contributed by atoms with Crippen molar-refractivity contribution in [2.75, 3.05) is 0 Å². The SMILES string of the molecule is N#CCCC/C(=C/c1ccccc1)[Se]c1ccccc1. The average Bonchev–Trinajstić information content (AvgIpc) is 2.49. The van der Waals surface area contributed by atoms with Gasteiger partial charge in [-0.05, 0) is 0 Å². The van der Waals surface area contributed by atoms with Crippen LogP contribution in [0.25, 0.3) is 6.08 Å². The molecule has 100 valence electrons. The van der Waals surface area contributed by atoms with E-state index in [1.54, 1.807) is 0 Å². The topological polar surface area (TPSA) is 23.8 Å². The zero-order valence-corrected chi connectivity index (χ0v) is 13.0. The molecule has 2 aromatic carbocycles. The summed E-state index contributed by atoms with van der Waals surface area (Å²) in [5.41, 5.74) is 1.25. The second-order valence-electron chi connectivity index (χ2n) is 4.45. The number of nitrogens with zero attached hydrogens (tertiary/aromatic N) is 1. The molecule has 0 fully saturated rings. The molecule has 0 saturated heterocycles. The number of allylic oxidation sites excluding steroid dienone is 1. The van der Waals surface area contributed by atoms with Crippen molar-refractivity contribution < 1.29 is 0 Å². The number of rotatable bonds is 6. The van der Waals surface area contributed by atoms with Gasteiger partial charge in [-0.2, -0.15) is 0 Å². The quantitative estimate of drug-likeness (QED) is 0.586. The summed E-state index contributed by atoms with van der Waals surface area (Å²) in [6.07, 6.45) is 4.88. The van der Waals surface area contributed by atoms with Crippen LogP contribution in [-0.4, -0.2) is 15.0 Å². The second kappa shape index (κ2) is 8.38. The van der Waals surface area contributed by atoms with Gasteiger partial charge in [-0.3, -0.25) is 0 Å². The van der Waals surface area contributed by atoms with Crippen molar-refractivity contribution >= 4 is 25.5 Å². The number of hydrogen-bond donors (Lipinski definition) is 0. The molecular formula is C18H17NSe. The van der Waals surface area contributed by atoms with Crippen LogP contribution >= 0.6 is 0 Å². The van der Waals surface area contributed by atoms with E-state index in [4.69, 9.17) is 5.26 Å². The van der Waals surface area contributed by atoms with Gasteiger partial charge in [0.15, 0.2) is 0 Å². The van der Waals surface area contributed by atoms with Crippen LogP contribution in [0.3, 0.4) is 0 Å². The molecule has 1 nitrogen and oxygen atoms in total. The summed E-state index contributed by atoms with van der Waals surface area (Å²) in [7, 11) is 0. The standard InChI is InChI=1S/C18H17NSe/c19-14-8-7-13-18(15-16-9-3-1-4-10-16)20-17-11-5-2-6-12-17/h1-6,9-12,15H,7-8,13H2/b18-15-. The molecule has 0 radical (unpaired) electrons. The molecule has 0 heterocycles. The van der Waals surface area contributed by atoms with E-state index in [2.05, 4.69) is 66.7 Å². The first-order valence-corrected chi connectivity index (χ1v) is 8.45. The van der Waals surface area contributed by atoms with Crippen molar-refractivity contribution in [3.8, 4) is 6.07 Å². The Bertz CT molecular complexity index is 582. The van der Waals surface area contributed by atoms with E-state index in [1.807, 2.05) is 6.07 Å². The van der Waals surface area contributed by atoms with Crippen molar-refractivity contribution in [1.29, 1.82) is 5.26 Å². The molecule has 0 spiro atoms. The van der Waals surface area contributed by atoms with Crippen LogP contribution in [0.1, 0.15) is 24.8 Å². The maximum absolute atomic E-state index is 8.69. The Morgan fingerprint density at radius 2 is 1.65 bits per heavy atom. The molecular weight excluding hydrogens is 309 g/mol. The monoisotopic (exact) mass is 327 g/mol. The number of benzene rings is 2. The van der Waals surface area contributed by atoms with Crippen molar-refractivity contribution in [1.82, 2.24) is 0 Å². The Labute approximate surface area is 127 Å². The van der Waals surface area contributed by atoms with Crippen LogP contribution < -0.4 is 4.46 Å². The average molecular weight is 326 g/mol. The van der Waals surface area contributed by atoms with Gasteiger partial charge in [-0.15, -0.1) is 0 Å². The Kier molecular flexibility index (Phi) is 6.11. The molecule has 0 atom stereocenters. The van der Waals surface area contributed by atoms with Crippen molar-refractivity contribution in [2.24, 2.45) is 0 Å². The van der Waals surface area contributed by atoms with Gasteiger partial charge in [0.05, 0.1) is 0 Å². The fraction of sp³-hybridized carbons (Fsp3) is 0.167. The molecule has 2 aromatic rings. The predicted molar refractivity (Wildman–Crippen MR) is 85.7 cm³/mol. The van der Waals surface area contributed by atoms with Gasteiger partial charge >= 0.3 is 127 Å². The zero-order valence-electron chi connectivity index (χ0n) is 11.3. The summed E-state index contributed by atoms with van der Waals surface area (Å²) in [5.74, 6) is 0. The molecule has 0 aliphatic heterocycles. The summed E-state index contributed by atoms with van der Waals surface area (Å²) < 4.78 is 2.84. The van der Waals surface area contributed by atoms with Crippen molar-refractivity contribution in [3.63, 3.8) is 0 Å². The number of nitriles is 1. The normalized spacial score (nSPS) is 11.1. The van der Waals surface area contributed by atoms with Crippen LogP contribution in [0.15, 0.2) is 65.1 Å². The van der Waals surface area contributed by atoms with Gasteiger partial charge in [0.1, 0.15) is 0 Å². The second-order valence-corrected chi connectivity index (χ2v) is 6.97. The Hall–Kier alpha value is -1.81. The van der Waals surface area contributed by atoms with Crippen LogP contribution in [0, 0.1) is 11.3 Å². The van der Waals surface area contributed by atoms with E-state index >= 15 is 0 Å². The summed E-state index contributed by atoms with van der Waals surface area (Å²) >= 11 is 0.340. The Morgan fingerprint density at radius 1 is 1.00 bits per heavy atom. The molecule has 0 bridgehead atoms. The number of unbranched alkanes of at least 4 members (excludes halogenated alkanes) is 1. The minimum absolute atomic E-state index is 0.340. The molecule has 2 rings (SSSR count). The summed E-state index contributed by atoms with van der Waals surface area (Å²) in [6.45, 7) is 0. The first-order chi connectivity index (χ1) is 9.88. The van der Waals surface area contributed by atoms with E-state index in [1.165, 1.54) is 14.5 Å². The van der Waals surface area contributed by atoms with E-state index in [9.17, 15) is 0 Å². The van der Waals surface area contributed by atoms with Gasteiger partial charge in [0.25, 0.3) is 0 Å².